The third-order valence-corrected chi connectivity index (χ3v) is 3.56. The Kier molecular flexibility index (Phi) is 4.81. The maximum atomic E-state index is 5.95. The van der Waals surface area contributed by atoms with Gasteiger partial charge in [-0.1, -0.05) is 41.0 Å². The Morgan fingerprint density at radius 1 is 1.12 bits per heavy atom. The summed E-state index contributed by atoms with van der Waals surface area (Å²) in [5.41, 5.74) is 0.204. The molecule has 0 aromatic carbocycles. The molecule has 1 atom stereocenters. The van der Waals surface area contributed by atoms with Gasteiger partial charge < -0.3 is 9.47 Å². The van der Waals surface area contributed by atoms with Gasteiger partial charge in [-0.3, -0.25) is 0 Å². The van der Waals surface area contributed by atoms with E-state index in [9.17, 15) is 0 Å². The Hall–Kier alpha value is -0.0800. The molecule has 0 bridgehead atoms. The van der Waals surface area contributed by atoms with E-state index in [0.717, 1.165) is 32.0 Å². The first-order valence-electron chi connectivity index (χ1n) is 6.83. The van der Waals surface area contributed by atoms with Crippen LogP contribution in [-0.4, -0.2) is 19.0 Å². The van der Waals surface area contributed by atoms with Crippen LogP contribution in [0.15, 0.2) is 0 Å². The van der Waals surface area contributed by atoms with Crippen molar-refractivity contribution in [2.24, 2.45) is 11.3 Å². The lowest BCUT2D eigenvalue weighted by Gasteiger charge is -2.41. The highest BCUT2D eigenvalue weighted by Crippen LogP contribution is 2.43. The summed E-state index contributed by atoms with van der Waals surface area (Å²) in [6, 6.07) is 0. The van der Waals surface area contributed by atoms with Crippen molar-refractivity contribution < 1.29 is 9.47 Å². The first-order valence-corrected chi connectivity index (χ1v) is 6.83. The first-order chi connectivity index (χ1) is 7.55. The molecule has 2 aliphatic rings. The van der Waals surface area contributed by atoms with E-state index in [4.69, 9.17) is 9.47 Å². The van der Waals surface area contributed by atoms with Crippen LogP contribution in [0, 0.1) is 11.3 Å². The minimum absolute atomic E-state index is 0.198. The lowest BCUT2D eigenvalue weighted by Crippen LogP contribution is -2.46. The zero-order valence-corrected chi connectivity index (χ0v) is 11.6. The summed E-state index contributed by atoms with van der Waals surface area (Å²) in [4.78, 5) is 0. The minimum Gasteiger partial charge on any atom is -0.349 e. The summed E-state index contributed by atoms with van der Waals surface area (Å²) in [5.74, 6) is 0.618. The molecule has 2 rings (SSSR count). The second-order valence-electron chi connectivity index (χ2n) is 5.67. The fraction of sp³-hybridized carbons (Fsp3) is 1.00. The largest absolute Gasteiger partial charge is 0.349 e. The van der Waals surface area contributed by atoms with E-state index in [-0.39, 0.29) is 11.2 Å². The molecule has 0 N–H and O–H groups in total. The van der Waals surface area contributed by atoms with Gasteiger partial charge in [0.2, 0.25) is 0 Å². The van der Waals surface area contributed by atoms with Crippen LogP contribution in [0.5, 0.6) is 0 Å². The Morgan fingerprint density at radius 2 is 1.69 bits per heavy atom. The fourth-order valence-corrected chi connectivity index (χ4v) is 2.42. The molecule has 1 heterocycles. The Morgan fingerprint density at radius 3 is 2.12 bits per heavy atom. The standard InChI is InChI=1S/C12H22O2.C2H6/c1-4-10-5-6-12(7-10)13-8-11(2,3)9-14-12;1-2/h10H,4-9H2,1-3H3;1-2H3. The molecular formula is C14H28O2. The monoisotopic (exact) mass is 228 g/mol. The predicted molar refractivity (Wildman–Crippen MR) is 67.4 cm³/mol. The third-order valence-electron chi connectivity index (χ3n) is 3.56. The van der Waals surface area contributed by atoms with E-state index in [1.165, 1.54) is 12.8 Å². The van der Waals surface area contributed by atoms with Crippen LogP contribution in [0.25, 0.3) is 0 Å². The number of hydrogen-bond donors (Lipinski definition) is 0. The maximum Gasteiger partial charge on any atom is 0.168 e. The van der Waals surface area contributed by atoms with Crippen LogP contribution in [0.1, 0.15) is 60.3 Å². The highest BCUT2D eigenvalue weighted by Gasteiger charge is 2.45. The highest BCUT2D eigenvalue weighted by molar-refractivity contribution is 4.87. The molecule has 1 aliphatic carbocycles. The summed E-state index contributed by atoms with van der Waals surface area (Å²) in [7, 11) is 0. The molecule has 0 amide bonds. The predicted octanol–water partition coefficient (Wildman–Crippen LogP) is 3.99. The van der Waals surface area contributed by atoms with Crippen LogP contribution in [0.4, 0.5) is 0 Å². The molecule has 1 saturated heterocycles. The maximum absolute atomic E-state index is 5.95. The van der Waals surface area contributed by atoms with E-state index in [2.05, 4.69) is 20.8 Å². The van der Waals surface area contributed by atoms with Gasteiger partial charge in [-0.15, -0.1) is 0 Å². The molecule has 2 nitrogen and oxygen atoms in total. The van der Waals surface area contributed by atoms with Crippen molar-refractivity contribution in [2.45, 2.75) is 66.1 Å². The van der Waals surface area contributed by atoms with Gasteiger partial charge in [-0.2, -0.15) is 0 Å². The molecule has 0 aromatic heterocycles. The van der Waals surface area contributed by atoms with Gasteiger partial charge >= 0.3 is 0 Å². The van der Waals surface area contributed by atoms with Crippen molar-refractivity contribution >= 4 is 0 Å². The van der Waals surface area contributed by atoms with E-state index in [1.807, 2.05) is 13.8 Å². The van der Waals surface area contributed by atoms with Crippen molar-refractivity contribution in [3.8, 4) is 0 Å². The second kappa shape index (κ2) is 5.50. The highest BCUT2D eigenvalue weighted by atomic mass is 16.7. The Labute approximate surface area is 101 Å². The SMILES string of the molecule is CC.CCC1CCC2(C1)OCC(C)(C)CO2. The molecule has 1 spiro atoms. The number of hydrogen-bond acceptors (Lipinski definition) is 2. The third kappa shape index (κ3) is 3.21. The molecule has 2 fully saturated rings. The Bertz CT molecular complexity index is 201. The second-order valence-corrected chi connectivity index (χ2v) is 5.67. The van der Waals surface area contributed by atoms with Gasteiger partial charge in [0, 0.05) is 18.3 Å². The summed E-state index contributed by atoms with van der Waals surface area (Å²) < 4.78 is 11.9. The van der Waals surface area contributed by atoms with Crippen molar-refractivity contribution in [2.75, 3.05) is 13.2 Å². The molecule has 0 radical (unpaired) electrons. The van der Waals surface area contributed by atoms with Crippen LogP contribution in [0.3, 0.4) is 0 Å². The van der Waals surface area contributed by atoms with Crippen LogP contribution in [0.2, 0.25) is 0 Å². The number of rotatable bonds is 1. The van der Waals surface area contributed by atoms with Crippen molar-refractivity contribution in [1.29, 1.82) is 0 Å². The zero-order chi connectivity index (χ0) is 12.2. The molecule has 0 aromatic rings. The molecule has 1 saturated carbocycles. The van der Waals surface area contributed by atoms with E-state index < -0.39 is 0 Å². The lowest BCUT2D eigenvalue weighted by molar-refractivity contribution is -0.296. The average molecular weight is 228 g/mol. The molecule has 2 heteroatoms. The smallest absolute Gasteiger partial charge is 0.168 e. The summed E-state index contributed by atoms with van der Waals surface area (Å²) in [6.07, 6.45) is 4.75. The topological polar surface area (TPSA) is 18.5 Å². The quantitative estimate of drug-likeness (QED) is 0.675. The first kappa shape index (κ1) is 14.0. The van der Waals surface area contributed by atoms with Gasteiger partial charge in [0.15, 0.2) is 5.79 Å². The zero-order valence-electron chi connectivity index (χ0n) is 11.6. The average Bonchev–Trinajstić information content (AvgIpc) is 2.70. The fourth-order valence-electron chi connectivity index (χ4n) is 2.42. The molecule has 16 heavy (non-hydrogen) atoms. The molecule has 1 unspecified atom stereocenters. The van der Waals surface area contributed by atoms with E-state index in [0.29, 0.717) is 0 Å². The summed E-state index contributed by atoms with van der Waals surface area (Å²) in [5, 5.41) is 0. The van der Waals surface area contributed by atoms with E-state index in [1.54, 1.807) is 0 Å². The van der Waals surface area contributed by atoms with Gasteiger partial charge in [-0.25, -0.2) is 0 Å². The van der Waals surface area contributed by atoms with Crippen molar-refractivity contribution in [1.82, 2.24) is 0 Å². The van der Waals surface area contributed by atoms with Crippen LogP contribution < -0.4 is 0 Å². The lowest BCUT2D eigenvalue weighted by atomic mass is 9.94. The number of ether oxygens (including phenoxy) is 2. The summed E-state index contributed by atoms with van der Waals surface area (Å²) >= 11 is 0. The van der Waals surface area contributed by atoms with E-state index >= 15 is 0 Å². The van der Waals surface area contributed by atoms with Gasteiger partial charge in [0.1, 0.15) is 0 Å². The van der Waals surface area contributed by atoms with Gasteiger partial charge in [0.05, 0.1) is 13.2 Å². The van der Waals surface area contributed by atoms with Gasteiger partial charge in [0.25, 0.3) is 0 Å². The summed E-state index contributed by atoms with van der Waals surface area (Å²) in [6.45, 7) is 12.4. The van der Waals surface area contributed by atoms with Crippen molar-refractivity contribution in [3.63, 3.8) is 0 Å². The van der Waals surface area contributed by atoms with Crippen LogP contribution >= 0.6 is 0 Å². The Balaban J connectivity index is 0.000000606. The van der Waals surface area contributed by atoms with Crippen molar-refractivity contribution in [3.05, 3.63) is 0 Å². The molecule has 1 aliphatic heterocycles. The van der Waals surface area contributed by atoms with Gasteiger partial charge in [-0.05, 0) is 12.3 Å². The van der Waals surface area contributed by atoms with Crippen LogP contribution in [-0.2, 0) is 9.47 Å². The minimum atomic E-state index is -0.198. The normalized spacial score (nSPS) is 30.9. The molecule has 96 valence electrons. The molecular weight excluding hydrogens is 200 g/mol.